The number of aryl methyl sites for hydroxylation is 1. The van der Waals surface area contributed by atoms with Crippen LogP contribution in [0, 0.1) is 0 Å². The summed E-state index contributed by atoms with van der Waals surface area (Å²) in [5.74, 6) is 0. The maximum atomic E-state index is 6.56. The molecule has 1 fully saturated rings. The zero-order valence-corrected chi connectivity index (χ0v) is 10.8. The highest BCUT2D eigenvalue weighted by Gasteiger charge is 2.39. The average molecular weight is 249 g/mol. The lowest BCUT2D eigenvalue weighted by molar-refractivity contribution is 0.253. The van der Waals surface area contributed by atoms with E-state index in [1.807, 2.05) is 7.05 Å². The Morgan fingerprint density at radius 2 is 2.12 bits per heavy atom. The Labute approximate surface area is 106 Å². The maximum Gasteiger partial charge on any atom is 0.0538 e. The van der Waals surface area contributed by atoms with Crippen molar-refractivity contribution in [2.24, 2.45) is 12.8 Å². The number of fused-ring (bicyclic) bond motifs is 1. The minimum atomic E-state index is 0.140. The van der Waals surface area contributed by atoms with Crippen LogP contribution in [0.2, 0.25) is 5.02 Å². The fourth-order valence-electron chi connectivity index (χ4n) is 2.91. The van der Waals surface area contributed by atoms with Gasteiger partial charge in [0, 0.05) is 36.1 Å². The van der Waals surface area contributed by atoms with E-state index in [2.05, 4.69) is 29.0 Å². The molecule has 0 atom stereocenters. The first-order valence-corrected chi connectivity index (χ1v) is 6.50. The van der Waals surface area contributed by atoms with E-state index < -0.39 is 0 Å². The normalized spacial score (nSPS) is 18.3. The second kappa shape index (κ2) is 3.76. The maximum absolute atomic E-state index is 6.56. The van der Waals surface area contributed by atoms with Crippen LogP contribution in [0.3, 0.4) is 0 Å². The van der Waals surface area contributed by atoms with Gasteiger partial charge in [0.15, 0.2) is 0 Å². The second-order valence-corrected chi connectivity index (χ2v) is 5.50. The van der Waals surface area contributed by atoms with Gasteiger partial charge in [-0.2, -0.15) is 0 Å². The van der Waals surface area contributed by atoms with Crippen LogP contribution in [0.4, 0.5) is 0 Å². The predicted molar refractivity (Wildman–Crippen MR) is 72.5 cm³/mol. The zero-order valence-electron chi connectivity index (χ0n) is 10.0. The van der Waals surface area contributed by atoms with Crippen molar-refractivity contribution in [2.45, 2.75) is 24.7 Å². The van der Waals surface area contributed by atoms with Crippen LogP contribution in [-0.2, 0) is 12.5 Å². The monoisotopic (exact) mass is 248 g/mol. The number of nitrogens with zero attached hydrogens (tertiary/aromatic N) is 1. The summed E-state index contributed by atoms with van der Waals surface area (Å²) in [6.07, 6.45) is 5.65. The van der Waals surface area contributed by atoms with Crippen molar-refractivity contribution < 1.29 is 0 Å². The lowest BCUT2D eigenvalue weighted by atomic mass is 9.64. The van der Waals surface area contributed by atoms with Gasteiger partial charge in [-0.1, -0.05) is 24.1 Å². The highest BCUT2D eigenvalue weighted by Crippen LogP contribution is 2.47. The number of halogens is 1. The van der Waals surface area contributed by atoms with Crippen molar-refractivity contribution in [3.8, 4) is 0 Å². The van der Waals surface area contributed by atoms with Crippen molar-refractivity contribution in [3.05, 3.63) is 35.0 Å². The van der Waals surface area contributed by atoms with Gasteiger partial charge in [-0.05, 0) is 30.5 Å². The molecule has 3 rings (SSSR count). The van der Waals surface area contributed by atoms with Gasteiger partial charge in [-0.15, -0.1) is 0 Å². The Bertz CT molecular complexity index is 561. The standard InChI is InChI=1S/C14H17ClN2/c1-17-8-5-10-12(17)4-3-11(13(10)15)14(9-16)6-2-7-14/h3-5,8H,2,6-7,9,16H2,1H3. The molecule has 1 aliphatic carbocycles. The van der Waals surface area contributed by atoms with Crippen LogP contribution in [0.25, 0.3) is 10.9 Å². The topological polar surface area (TPSA) is 30.9 Å². The molecule has 0 amide bonds. The van der Waals surface area contributed by atoms with Gasteiger partial charge in [0.25, 0.3) is 0 Å². The van der Waals surface area contributed by atoms with E-state index in [9.17, 15) is 0 Å². The first-order chi connectivity index (χ1) is 8.18. The average Bonchev–Trinajstić information content (AvgIpc) is 2.64. The Balaban J connectivity index is 2.21. The molecule has 1 heterocycles. The molecular weight excluding hydrogens is 232 g/mol. The molecule has 0 spiro atoms. The summed E-state index contributed by atoms with van der Waals surface area (Å²) in [4.78, 5) is 0. The Morgan fingerprint density at radius 1 is 1.35 bits per heavy atom. The Kier molecular flexibility index (Phi) is 2.46. The van der Waals surface area contributed by atoms with E-state index in [1.165, 1.54) is 30.3 Å². The third-order valence-electron chi connectivity index (χ3n) is 4.27. The van der Waals surface area contributed by atoms with Gasteiger partial charge >= 0.3 is 0 Å². The summed E-state index contributed by atoms with van der Waals surface area (Å²) in [6, 6.07) is 6.41. The molecule has 0 saturated heterocycles. The van der Waals surface area contributed by atoms with Gasteiger partial charge in [0.2, 0.25) is 0 Å². The second-order valence-electron chi connectivity index (χ2n) is 5.12. The molecule has 2 nitrogen and oxygen atoms in total. The largest absolute Gasteiger partial charge is 0.351 e. The van der Waals surface area contributed by atoms with Crippen LogP contribution in [0.15, 0.2) is 24.4 Å². The number of hydrogen-bond donors (Lipinski definition) is 1. The van der Waals surface area contributed by atoms with E-state index in [0.29, 0.717) is 6.54 Å². The lowest BCUT2D eigenvalue weighted by Gasteiger charge is -2.42. The van der Waals surface area contributed by atoms with Gasteiger partial charge in [0.05, 0.1) is 5.02 Å². The lowest BCUT2D eigenvalue weighted by Crippen LogP contribution is -2.41. The smallest absolute Gasteiger partial charge is 0.0538 e. The molecule has 0 unspecified atom stereocenters. The van der Waals surface area contributed by atoms with Crippen molar-refractivity contribution in [3.63, 3.8) is 0 Å². The minimum Gasteiger partial charge on any atom is -0.351 e. The summed E-state index contributed by atoms with van der Waals surface area (Å²) in [7, 11) is 2.04. The van der Waals surface area contributed by atoms with Crippen LogP contribution in [-0.4, -0.2) is 11.1 Å². The van der Waals surface area contributed by atoms with Crippen LogP contribution >= 0.6 is 11.6 Å². The van der Waals surface area contributed by atoms with Crippen LogP contribution < -0.4 is 5.73 Å². The Morgan fingerprint density at radius 3 is 2.71 bits per heavy atom. The van der Waals surface area contributed by atoms with E-state index in [-0.39, 0.29) is 5.41 Å². The molecule has 3 heteroatoms. The summed E-state index contributed by atoms with van der Waals surface area (Å²) in [5, 5.41) is 2.04. The van der Waals surface area contributed by atoms with Gasteiger partial charge in [-0.25, -0.2) is 0 Å². The molecule has 1 aromatic heterocycles. The molecule has 2 N–H and O–H groups in total. The quantitative estimate of drug-likeness (QED) is 0.869. The first kappa shape index (κ1) is 11.1. The number of hydrogen-bond acceptors (Lipinski definition) is 1. The van der Waals surface area contributed by atoms with Gasteiger partial charge in [0.1, 0.15) is 0 Å². The molecule has 90 valence electrons. The number of nitrogens with two attached hydrogens (primary N) is 1. The van der Waals surface area contributed by atoms with E-state index in [4.69, 9.17) is 17.3 Å². The van der Waals surface area contributed by atoms with E-state index >= 15 is 0 Å². The Hall–Kier alpha value is -0.990. The van der Waals surface area contributed by atoms with Crippen molar-refractivity contribution in [1.82, 2.24) is 4.57 Å². The molecule has 1 saturated carbocycles. The SMILES string of the molecule is Cn1ccc2c(Cl)c(C3(CN)CCC3)ccc21. The number of rotatable bonds is 2. The van der Waals surface area contributed by atoms with Crippen molar-refractivity contribution in [2.75, 3.05) is 6.54 Å². The third-order valence-corrected chi connectivity index (χ3v) is 4.68. The summed E-state index contributed by atoms with van der Waals surface area (Å²) in [6.45, 7) is 0.699. The molecule has 1 aliphatic rings. The highest BCUT2D eigenvalue weighted by atomic mass is 35.5. The molecular formula is C14H17ClN2. The molecule has 1 aromatic carbocycles. The van der Waals surface area contributed by atoms with Gasteiger partial charge in [-0.3, -0.25) is 0 Å². The van der Waals surface area contributed by atoms with E-state index in [0.717, 1.165) is 10.4 Å². The number of benzene rings is 1. The number of aromatic nitrogens is 1. The fourth-order valence-corrected chi connectivity index (χ4v) is 3.34. The van der Waals surface area contributed by atoms with Crippen LogP contribution in [0.5, 0.6) is 0 Å². The molecule has 2 aromatic rings. The molecule has 17 heavy (non-hydrogen) atoms. The summed E-state index contributed by atoms with van der Waals surface area (Å²) in [5.41, 5.74) is 8.52. The third kappa shape index (κ3) is 1.44. The van der Waals surface area contributed by atoms with Gasteiger partial charge < -0.3 is 10.3 Å². The van der Waals surface area contributed by atoms with Crippen molar-refractivity contribution >= 4 is 22.5 Å². The summed E-state index contributed by atoms with van der Waals surface area (Å²) < 4.78 is 2.10. The summed E-state index contributed by atoms with van der Waals surface area (Å²) >= 11 is 6.56. The minimum absolute atomic E-state index is 0.140. The predicted octanol–water partition coefficient (Wildman–Crippen LogP) is 3.21. The molecule has 0 radical (unpaired) electrons. The van der Waals surface area contributed by atoms with E-state index in [1.54, 1.807) is 0 Å². The molecule has 0 bridgehead atoms. The highest BCUT2D eigenvalue weighted by molar-refractivity contribution is 6.36. The zero-order chi connectivity index (χ0) is 12.0. The van der Waals surface area contributed by atoms with Crippen molar-refractivity contribution in [1.29, 1.82) is 0 Å². The molecule has 0 aliphatic heterocycles. The fraction of sp³-hybridized carbons (Fsp3) is 0.429. The first-order valence-electron chi connectivity index (χ1n) is 6.12. The van der Waals surface area contributed by atoms with Crippen LogP contribution in [0.1, 0.15) is 24.8 Å².